The molecular formula is C21H25IN2O6. The molecule has 0 aliphatic rings. The van der Waals surface area contributed by atoms with Gasteiger partial charge in [-0.25, -0.2) is 0 Å². The molecule has 0 aliphatic carbocycles. The van der Waals surface area contributed by atoms with Gasteiger partial charge in [-0.05, 0) is 55.0 Å². The van der Waals surface area contributed by atoms with Crippen LogP contribution < -0.4 is 10.5 Å². The molecule has 8 nitrogen and oxygen atoms in total. The van der Waals surface area contributed by atoms with Crippen LogP contribution in [0.15, 0.2) is 48.7 Å². The number of anilines is 1. The van der Waals surface area contributed by atoms with Crippen LogP contribution in [0.25, 0.3) is 16.6 Å². The highest BCUT2D eigenvalue weighted by Crippen LogP contribution is 2.27. The number of hydrogen-bond donors (Lipinski definition) is 6. The number of aliphatic hydroxyl groups excluding tert-OH is 5. The van der Waals surface area contributed by atoms with Crippen molar-refractivity contribution < 1.29 is 30.3 Å². The third kappa shape index (κ3) is 4.71. The number of nitrogen functional groups attached to an aromatic ring is 1. The predicted octanol–water partition coefficient (Wildman–Crippen LogP) is 1.10. The lowest BCUT2D eigenvalue weighted by atomic mass is 10.1. The number of nitrogens with two attached hydrogens (primary N) is 1. The second-order valence-electron chi connectivity index (χ2n) is 7.13. The van der Waals surface area contributed by atoms with Gasteiger partial charge in [0.15, 0.2) is 0 Å². The molecule has 0 aliphatic heterocycles. The van der Waals surface area contributed by atoms with E-state index in [1.165, 1.54) is 0 Å². The van der Waals surface area contributed by atoms with Crippen LogP contribution in [0.4, 0.5) is 5.69 Å². The van der Waals surface area contributed by atoms with Gasteiger partial charge in [0.1, 0.15) is 18.0 Å². The number of benzene rings is 2. The Kier molecular flexibility index (Phi) is 7.22. The summed E-state index contributed by atoms with van der Waals surface area (Å²) in [6, 6.07) is 12.9. The predicted molar refractivity (Wildman–Crippen MR) is 122 cm³/mol. The van der Waals surface area contributed by atoms with Gasteiger partial charge in [0.2, 0.25) is 6.29 Å². The van der Waals surface area contributed by atoms with Crippen molar-refractivity contribution in [3.8, 4) is 11.4 Å². The van der Waals surface area contributed by atoms with E-state index in [1.807, 2.05) is 41.1 Å². The third-order valence-corrected chi connectivity index (χ3v) is 6.07. The summed E-state index contributed by atoms with van der Waals surface area (Å²) in [6.45, 7) is 1.41. The maximum absolute atomic E-state index is 10.2. The van der Waals surface area contributed by atoms with Crippen LogP contribution in [0, 0.1) is 6.92 Å². The van der Waals surface area contributed by atoms with Gasteiger partial charge in [-0.15, -0.1) is 0 Å². The number of aliphatic hydroxyl groups is 5. The maximum atomic E-state index is 10.2. The highest BCUT2D eigenvalue weighted by Gasteiger charge is 2.35. The van der Waals surface area contributed by atoms with Gasteiger partial charge in [-0.2, -0.15) is 0 Å². The molecule has 0 saturated carbocycles. The molecular weight excluding hydrogens is 503 g/mol. The number of hydrogen-bond acceptors (Lipinski definition) is 7. The van der Waals surface area contributed by atoms with Crippen molar-refractivity contribution in [3.05, 3.63) is 54.2 Å². The molecule has 5 atom stereocenters. The second-order valence-corrected chi connectivity index (χ2v) is 8.73. The number of aromatic nitrogens is 1. The lowest BCUT2D eigenvalue weighted by Crippen LogP contribution is -2.50. The normalized spacial score (nSPS) is 16.8. The first-order chi connectivity index (χ1) is 14.2. The Hall–Kier alpha value is -1.89. The molecule has 3 aromatic rings. The number of aryl methyl sites for hydroxylation is 1. The molecule has 162 valence electrons. The van der Waals surface area contributed by atoms with Gasteiger partial charge in [0, 0.05) is 23.0 Å². The molecule has 9 heteroatoms. The molecule has 0 bridgehead atoms. The first-order valence-corrected chi connectivity index (χ1v) is 10.6. The molecule has 1 heterocycles. The average molecular weight is 528 g/mol. The highest BCUT2D eigenvalue weighted by atomic mass is 127. The van der Waals surface area contributed by atoms with Crippen LogP contribution >= 0.6 is 22.6 Å². The Morgan fingerprint density at radius 3 is 2.40 bits per heavy atom. The van der Waals surface area contributed by atoms with Crippen LogP contribution in [0.1, 0.15) is 5.56 Å². The fraction of sp³-hybridized carbons (Fsp3) is 0.333. The minimum Gasteiger partial charge on any atom is -0.462 e. The first-order valence-electron chi connectivity index (χ1n) is 9.34. The zero-order valence-electron chi connectivity index (χ0n) is 16.3. The SMILES string of the molecule is Cc1cc(-n2ccc3cc(N)ccc32)ccc1O[C@@H](O)C(O)C(O)[C@H](O)C(I)CO. The van der Waals surface area contributed by atoms with Crippen molar-refractivity contribution in [2.75, 3.05) is 12.3 Å². The highest BCUT2D eigenvalue weighted by molar-refractivity contribution is 14.1. The molecule has 7 N–H and O–H groups in total. The van der Waals surface area contributed by atoms with Crippen LogP contribution in [-0.4, -0.2) is 65.2 Å². The molecule has 0 spiro atoms. The van der Waals surface area contributed by atoms with Crippen molar-refractivity contribution in [1.29, 1.82) is 0 Å². The number of alkyl halides is 1. The van der Waals surface area contributed by atoms with Gasteiger partial charge in [0.05, 0.1) is 22.2 Å². The van der Waals surface area contributed by atoms with Gasteiger partial charge in [-0.3, -0.25) is 0 Å². The van der Waals surface area contributed by atoms with E-state index in [-0.39, 0.29) is 6.61 Å². The molecule has 3 unspecified atom stereocenters. The zero-order chi connectivity index (χ0) is 22.0. The number of ether oxygens (including phenoxy) is 1. The molecule has 3 rings (SSSR count). The summed E-state index contributed by atoms with van der Waals surface area (Å²) in [5.74, 6) is 0.320. The lowest BCUT2D eigenvalue weighted by Gasteiger charge is -2.28. The zero-order valence-corrected chi connectivity index (χ0v) is 18.4. The summed E-state index contributed by atoms with van der Waals surface area (Å²) in [5, 5.41) is 50.3. The van der Waals surface area contributed by atoms with Crippen molar-refractivity contribution in [1.82, 2.24) is 4.57 Å². The minimum atomic E-state index is -1.77. The van der Waals surface area contributed by atoms with E-state index in [0.29, 0.717) is 17.0 Å². The van der Waals surface area contributed by atoms with Gasteiger partial charge < -0.3 is 40.6 Å². The molecule has 1 aromatic heterocycles. The topological polar surface area (TPSA) is 141 Å². The van der Waals surface area contributed by atoms with Gasteiger partial charge >= 0.3 is 0 Å². The summed E-state index contributed by atoms with van der Waals surface area (Å²) in [7, 11) is 0. The Morgan fingerprint density at radius 2 is 1.73 bits per heavy atom. The fourth-order valence-corrected chi connectivity index (χ4v) is 3.62. The Morgan fingerprint density at radius 1 is 1.00 bits per heavy atom. The average Bonchev–Trinajstić information content (AvgIpc) is 3.15. The molecule has 30 heavy (non-hydrogen) atoms. The van der Waals surface area contributed by atoms with E-state index in [2.05, 4.69) is 0 Å². The fourth-order valence-electron chi connectivity index (χ4n) is 3.19. The largest absolute Gasteiger partial charge is 0.462 e. The van der Waals surface area contributed by atoms with Crippen molar-refractivity contribution in [3.63, 3.8) is 0 Å². The van der Waals surface area contributed by atoms with E-state index in [9.17, 15) is 20.4 Å². The third-order valence-electron chi connectivity index (χ3n) is 4.94. The van der Waals surface area contributed by atoms with Crippen LogP contribution in [0.3, 0.4) is 0 Å². The molecule has 0 fully saturated rings. The van der Waals surface area contributed by atoms with Crippen LogP contribution in [-0.2, 0) is 0 Å². The Labute approximate surface area is 187 Å². The van der Waals surface area contributed by atoms with Crippen molar-refractivity contribution in [2.45, 2.75) is 35.5 Å². The van der Waals surface area contributed by atoms with Crippen LogP contribution in [0.5, 0.6) is 5.75 Å². The van der Waals surface area contributed by atoms with E-state index in [0.717, 1.165) is 16.6 Å². The first kappa shape index (κ1) is 22.8. The Balaban J connectivity index is 1.76. The molecule has 0 radical (unpaired) electrons. The quantitative estimate of drug-likeness (QED) is 0.111. The van der Waals surface area contributed by atoms with Crippen molar-refractivity contribution >= 4 is 39.2 Å². The van der Waals surface area contributed by atoms with E-state index >= 15 is 0 Å². The summed E-state index contributed by atoms with van der Waals surface area (Å²) in [4.78, 5) is 0. The molecule has 0 saturated heterocycles. The number of fused-ring (bicyclic) bond motifs is 1. The van der Waals surface area contributed by atoms with Crippen LogP contribution in [0.2, 0.25) is 0 Å². The number of nitrogens with zero attached hydrogens (tertiary/aromatic N) is 1. The standard InChI is InChI=1S/C21H25IN2O6/c1-11-8-14(24-7-6-12-9-13(23)2-4-16(12)24)3-5-17(11)30-21(29)20(28)19(27)18(26)15(22)10-25/h2-9,15,18-21,25-29H,10,23H2,1H3/t15?,18-,19?,20?,21-/m1/s1. The lowest BCUT2D eigenvalue weighted by molar-refractivity contribution is -0.165. The monoisotopic (exact) mass is 528 g/mol. The summed E-state index contributed by atoms with van der Waals surface area (Å²) < 4.78 is 6.70. The van der Waals surface area contributed by atoms with E-state index < -0.39 is 28.5 Å². The Bertz CT molecular complexity index is 1010. The molecule has 0 amide bonds. The summed E-state index contributed by atoms with van der Waals surface area (Å²) in [6.07, 6.45) is -4.72. The van der Waals surface area contributed by atoms with E-state index in [4.69, 9.17) is 15.6 Å². The number of halogens is 1. The number of rotatable bonds is 8. The van der Waals surface area contributed by atoms with E-state index in [1.54, 1.807) is 41.6 Å². The minimum absolute atomic E-state index is 0.320. The molecule has 2 aromatic carbocycles. The smallest absolute Gasteiger partial charge is 0.226 e. The van der Waals surface area contributed by atoms with Gasteiger partial charge in [-0.1, -0.05) is 22.6 Å². The van der Waals surface area contributed by atoms with Crippen molar-refractivity contribution in [2.24, 2.45) is 0 Å². The second kappa shape index (κ2) is 9.50. The van der Waals surface area contributed by atoms with Gasteiger partial charge in [0.25, 0.3) is 0 Å². The maximum Gasteiger partial charge on any atom is 0.226 e. The summed E-state index contributed by atoms with van der Waals surface area (Å²) in [5.41, 5.74) is 9.09. The summed E-state index contributed by atoms with van der Waals surface area (Å²) >= 11 is 1.75.